The molecule has 0 aromatic heterocycles. The van der Waals surface area contributed by atoms with Crippen molar-refractivity contribution >= 4 is 17.5 Å². The average molecular weight is 550 g/mol. The van der Waals surface area contributed by atoms with Crippen LogP contribution in [0.4, 0.5) is 0 Å². The number of Topliss-reactive ketones (excluding diaryl/α,β-unsaturated/α-hetero) is 1. The number of carbonyl (C=O) groups excluding carboxylic acids is 3. The zero-order valence-electron chi connectivity index (χ0n) is 25.7. The van der Waals surface area contributed by atoms with E-state index in [9.17, 15) is 19.6 Å². The van der Waals surface area contributed by atoms with Crippen molar-refractivity contribution in [1.29, 1.82) is 5.26 Å². The molecule has 0 radical (unpaired) electrons. The van der Waals surface area contributed by atoms with Gasteiger partial charge in [-0.05, 0) is 85.5 Å². The first-order valence-electron chi connectivity index (χ1n) is 15.1. The first-order chi connectivity index (χ1) is 18.6. The number of fused-ring (bicyclic) bond motifs is 7. The minimum absolute atomic E-state index is 0.0293. The van der Waals surface area contributed by atoms with Crippen LogP contribution in [0, 0.1) is 61.6 Å². The van der Waals surface area contributed by atoms with Gasteiger partial charge in [-0.15, -0.1) is 0 Å². The Balaban J connectivity index is 1.68. The fourth-order valence-corrected chi connectivity index (χ4v) is 10.6. The van der Waals surface area contributed by atoms with Crippen LogP contribution >= 0.6 is 0 Å². The van der Waals surface area contributed by atoms with Crippen LogP contribution in [0.2, 0.25) is 0 Å². The second-order valence-corrected chi connectivity index (χ2v) is 15.3. The largest absolute Gasteiger partial charge is 0.469 e. The molecule has 0 aromatic carbocycles. The summed E-state index contributed by atoms with van der Waals surface area (Å²) in [6.45, 7) is 13.7. The summed E-state index contributed by atoms with van der Waals surface area (Å²) < 4.78 is 10.8. The van der Waals surface area contributed by atoms with Crippen molar-refractivity contribution in [2.45, 2.75) is 92.9 Å². The van der Waals surface area contributed by atoms with Crippen molar-refractivity contribution in [3.63, 3.8) is 0 Å². The summed E-state index contributed by atoms with van der Waals surface area (Å²) in [5, 5.41) is 10.1. The minimum Gasteiger partial charge on any atom is -0.469 e. The number of hydrogen-bond acceptors (Lipinski definition) is 6. The van der Waals surface area contributed by atoms with E-state index in [1.807, 2.05) is 19.1 Å². The third kappa shape index (κ3) is 3.58. The molecule has 5 aliphatic rings. The maximum Gasteiger partial charge on any atom is 0.312 e. The molecular formula is C34H47NO5. The molecule has 0 aliphatic heterocycles. The number of ketones is 2. The number of ether oxygens (including phenoxy) is 2. The topological polar surface area (TPSA) is 93.5 Å². The van der Waals surface area contributed by atoms with E-state index in [2.05, 4.69) is 40.7 Å². The summed E-state index contributed by atoms with van der Waals surface area (Å²) in [5.74, 6) is -0.512. The van der Waals surface area contributed by atoms with Crippen LogP contribution in [0.5, 0.6) is 0 Å². The third-order valence-corrected chi connectivity index (χ3v) is 13.1. The maximum atomic E-state index is 14.5. The van der Waals surface area contributed by atoms with E-state index in [4.69, 9.17) is 9.47 Å². The summed E-state index contributed by atoms with van der Waals surface area (Å²) in [7, 11) is 3.12. The molecule has 0 N–H and O–H groups in total. The minimum atomic E-state index is -0.743. The molecule has 3 fully saturated rings. The van der Waals surface area contributed by atoms with Gasteiger partial charge in [-0.3, -0.25) is 14.4 Å². The number of nitrogens with zero attached hydrogens (tertiary/aromatic N) is 1. The Hall–Kier alpha value is -2.26. The van der Waals surface area contributed by atoms with Crippen molar-refractivity contribution in [1.82, 2.24) is 0 Å². The molecule has 218 valence electrons. The van der Waals surface area contributed by atoms with Crippen molar-refractivity contribution in [3.05, 3.63) is 23.3 Å². The van der Waals surface area contributed by atoms with Gasteiger partial charge in [0, 0.05) is 30.5 Å². The van der Waals surface area contributed by atoms with Gasteiger partial charge in [-0.1, -0.05) is 53.2 Å². The molecule has 40 heavy (non-hydrogen) atoms. The van der Waals surface area contributed by atoms with Gasteiger partial charge in [0.15, 0.2) is 11.6 Å². The lowest BCUT2D eigenvalue weighted by molar-refractivity contribution is -0.191. The molecule has 0 aromatic rings. The van der Waals surface area contributed by atoms with Gasteiger partial charge in [0.1, 0.15) is 6.07 Å². The van der Waals surface area contributed by atoms with E-state index in [-0.39, 0.29) is 57.1 Å². The van der Waals surface area contributed by atoms with Crippen LogP contribution in [-0.4, -0.2) is 38.4 Å². The maximum absolute atomic E-state index is 14.5. The van der Waals surface area contributed by atoms with Crippen molar-refractivity contribution < 1.29 is 23.9 Å². The molecule has 0 heterocycles. The van der Waals surface area contributed by atoms with E-state index in [1.165, 1.54) is 7.11 Å². The van der Waals surface area contributed by atoms with Gasteiger partial charge in [0.2, 0.25) is 0 Å². The van der Waals surface area contributed by atoms with Crippen molar-refractivity contribution in [2.75, 3.05) is 20.8 Å². The molecule has 3 saturated carbocycles. The SMILES string of the molecule is COCC[C@]1(C)C(=O)C(C#N)=C[C@]2(C)C3=CC(=O)C4C5CC(C)(C)CC[C@]5(C(=O)OC)CC[C@@]4(C)[C@]3(C)CC[C@H]21. The van der Waals surface area contributed by atoms with E-state index in [1.54, 1.807) is 7.11 Å². The number of carbonyl (C=O) groups is 3. The highest BCUT2D eigenvalue weighted by molar-refractivity contribution is 6.05. The smallest absolute Gasteiger partial charge is 0.312 e. The average Bonchev–Trinajstić information content (AvgIpc) is 2.90. The Bertz CT molecular complexity index is 1260. The molecule has 8 atom stereocenters. The van der Waals surface area contributed by atoms with Crippen LogP contribution in [0.1, 0.15) is 92.9 Å². The molecule has 0 spiro atoms. The number of methoxy groups -OCH3 is 2. The molecule has 5 aliphatic carbocycles. The summed E-state index contributed by atoms with van der Waals surface area (Å²) in [6.07, 6.45) is 10.1. The molecule has 0 bridgehead atoms. The Kier molecular flexibility index (Phi) is 6.67. The summed E-state index contributed by atoms with van der Waals surface area (Å²) >= 11 is 0. The highest BCUT2D eigenvalue weighted by Crippen LogP contribution is 2.74. The molecular weight excluding hydrogens is 502 g/mol. The van der Waals surface area contributed by atoms with E-state index in [0.29, 0.717) is 13.0 Å². The van der Waals surface area contributed by atoms with Crippen LogP contribution in [0.25, 0.3) is 0 Å². The first kappa shape index (κ1) is 29.2. The van der Waals surface area contributed by atoms with Gasteiger partial charge in [0.05, 0.1) is 18.1 Å². The van der Waals surface area contributed by atoms with Gasteiger partial charge < -0.3 is 9.47 Å². The normalized spacial score (nSPS) is 45.5. The standard InChI is InChI=1S/C34H47NO5/c1-29(2)11-13-34(28(38)40-8)14-12-33(6)26(22(34)19-29)23(36)17-25-31(4)18-21(20-35)27(37)30(3,15-16-39-7)24(31)9-10-32(25,33)5/h17-18,22,24,26H,9-16,19H2,1-8H3/t22?,24-,26?,30-,31-,32+,33+,34-/m0/s1. The van der Waals surface area contributed by atoms with Gasteiger partial charge in [-0.25, -0.2) is 0 Å². The Morgan fingerprint density at radius 2 is 1.70 bits per heavy atom. The lowest BCUT2D eigenvalue weighted by Crippen LogP contribution is -2.66. The first-order valence-corrected chi connectivity index (χ1v) is 15.1. The highest BCUT2D eigenvalue weighted by atomic mass is 16.5. The Labute approximate surface area is 239 Å². The zero-order chi connectivity index (χ0) is 29.5. The molecule has 6 heteroatoms. The van der Waals surface area contributed by atoms with E-state index in [0.717, 1.165) is 50.5 Å². The van der Waals surface area contributed by atoms with Gasteiger partial charge in [0.25, 0.3) is 0 Å². The van der Waals surface area contributed by atoms with Crippen LogP contribution in [0.15, 0.2) is 23.3 Å². The molecule has 6 nitrogen and oxygen atoms in total. The predicted octanol–water partition coefficient (Wildman–Crippen LogP) is 6.40. The quantitative estimate of drug-likeness (QED) is 0.377. The van der Waals surface area contributed by atoms with Crippen LogP contribution < -0.4 is 0 Å². The summed E-state index contributed by atoms with van der Waals surface area (Å²) in [5.41, 5.74) is -1.28. The fraction of sp³-hybridized carbons (Fsp3) is 0.765. The Morgan fingerprint density at radius 1 is 1.02 bits per heavy atom. The number of rotatable bonds is 4. The number of hydrogen-bond donors (Lipinski definition) is 0. The predicted molar refractivity (Wildman–Crippen MR) is 152 cm³/mol. The summed E-state index contributed by atoms with van der Waals surface area (Å²) in [4.78, 5) is 41.6. The van der Waals surface area contributed by atoms with E-state index >= 15 is 0 Å². The van der Waals surface area contributed by atoms with Crippen molar-refractivity contribution in [3.8, 4) is 6.07 Å². The number of nitriles is 1. The summed E-state index contributed by atoms with van der Waals surface area (Å²) in [6, 6.07) is 2.21. The number of esters is 1. The van der Waals surface area contributed by atoms with Gasteiger partial charge in [-0.2, -0.15) is 5.26 Å². The third-order valence-electron chi connectivity index (χ3n) is 13.1. The fourth-order valence-electron chi connectivity index (χ4n) is 10.6. The zero-order valence-corrected chi connectivity index (χ0v) is 25.7. The second-order valence-electron chi connectivity index (χ2n) is 15.3. The van der Waals surface area contributed by atoms with E-state index < -0.39 is 16.2 Å². The lowest BCUT2D eigenvalue weighted by Gasteiger charge is -2.69. The molecule has 5 rings (SSSR count). The van der Waals surface area contributed by atoms with Crippen molar-refractivity contribution in [2.24, 2.45) is 50.2 Å². The second kappa shape index (κ2) is 9.12. The van der Waals surface area contributed by atoms with Crippen LogP contribution in [-0.2, 0) is 23.9 Å². The lowest BCUT2D eigenvalue weighted by atomic mass is 9.34. The molecule has 0 amide bonds. The van der Waals surface area contributed by atoms with Crippen LogP contribution in [0.3, 0.4) is 0 Å². The molecule has 0 saturated heterocycles. The monoisotopic (exact) mass is 549 g/mol. The number of allylic oxidation sites excluding steroid dienone is 4. The van der Waals surface area contributed by atoms with Gasteiger partial charge >= 0.3 is 5.97 Å². The molecule has 2 unspecified atom stereocenters. The highest BCUT2D eigenvalue weighted by Gasteiger charge is 2.71. The Morgan fingerprint density at radius 3 is 2.33 bits per heavy atom.